The van der Waals surface area contributed by atoms with Crippen molar-refractivity contribution in [3.05, 3.63) is 36.0 Å². The van der Waals surface area contributed by atoms with Gasteiger partial charge in [-0.25, -0.2) is 0 Å². The summed E-state index contributed by atoms with van der Waals surface area (Å²) in [7, 11) is 0. The molecule has 1 saturated heterocycles. The Labute approximate surface area is 207 Å². The third-order valence-electron chi connectivity index (χ3n) is 9.70. The van der Waals surface area contributed by atoms with Crippen LogP contribution in [0.2, 0.25) is 0 Å². The van der Waals surface area contributed by atoms with Crippen LogP contribution in [0.15, 0.2) is 30.3 Å². The summed E-state index contributed by atoms with van der Waals surface area (Å²) in [5, 5.41) is 1.45. The summed E-state index contributed by atoms with van der Waals surface area (Å²) < 4.78 is 2.79. The summed E-state index contributed by atoms with van der Waals surface area (Å²) >= 11 is 0. The third kappa shape index (κ3) is 5.26. The van der Waals surface area contributed by atoms with Crippen LogP contribution in [-0.2, 0) is 6.54 Å². The van der Waals surface area contributed by atoms with Gasteiger partial charge in [-0.3, -0.25) is 4.90 Å². The van der Waals surface area contributed by atoms with Gasteiger partial charge in [0.2, 0.25) is 0 Å². The fourth-order valence-corrected chi connectivity index (χ4v) is 7.19. The van der Waals surface area contributed by atoms with Crippen LogP contribution in [0.4, 0.5) is 0 Å². The molecule has 4 aliphatic rings. The molecule has 2 aromatic rings. The van der Waals surface area contributed by atoms with Crippen LogP contribution in [0.3, 0.4) is 0 Å². The number of nitrogens with zero attached hydrogens (tertiary/aromatic N) is 3. The van der Waals surface area contributed by atoms with Crippen molar-refractivity contribution in [3.8, 4) is 0 Å². The molecular weight excluding hydrogens is 414 g/mol. The maximum atomic E-state index is 2.87. The maximum absolute atomic E-state index is 2.87. The molecule has 0 amide bonds. The summed E-state index contributed by atoms with van der Waals surface area (Å²) in [6.45, 7) is 11.2. The molecule has 1 aromatic heterocycles. The highest BCUT2D eigenvalue weighted by Gasteiger charge is 2.33. The number of likely N-dealkylation sites (tertiary alicyclic amines) is 1. The van der Waals surface area contributed by atoms with E-state index in [0.29, 0.717) is 6.04 Å². The molecule has 0 radical (unpaired) electrons. The molecule has 34 heavy (non-hydrogen) atoms. The lowest BCUT2D eigenvalue weighted by atomic mass is 9.79. The monoisotopic (exact) mass is 461 g/mol. The largest absolute Gasteiger partial charge is 0.340 e. The first-order valence-electron chi connectivity index (χ1n) is 14.7. The maximum Gasteiger partial charge on any atom is 0.0485 e. The minimum Gasteiger partial charge on any atom is -0.340 e. The van der Waals surface area contributed by atoms with Gasteiger partial charge in [0, 0.05) is 56.0 Å². The van der Waals surface area contributed by atoms with Crippen molar-refractivity contribution >= 4 is 10.9 Å². The summed E-state index contributed by atoms with van der Waals surface area (Å²) in [5.74, 6) is 3.79. The number of benzene rings is 1. The molecule has 0 atom stereocenters. The molecule has 0 unspecified atom stereocenters. The Kier molecular flexibility index (Phi) is 6.78. The second-order valence-corrected chi connectivity index (χ2v) is 12.7. The first-order valence-corrected chi connectivity index (χ1v) is 14.7. The zero-order valence-corrected chi connectivity index (χ0v) is 21.8. The second-order valence-electron chi connectivity index (χ2n) is 12.7. The number of aromatic nitrogens is 1. The standard InChI is InChI=1S/C31H47N3/c1-23(2)26-11-13-28(14-12-26)33-17-15-29(16-18-33)34-30(19-27-5-3-4-6-31(27)34)22-32(20-24-7-8-24)21-25-9-10-25/h3-6,19,23-26,28-29H,7-18,20-22H2,1-2H3. The molecule has 3 heteroatoms. The van der Waals surface area contributed by atoms with Crippen molar-refractivity contribution in [1.29, 1.82) is 0 Å². The van der Waals surface area contributed by atoms with Gasteiger partial charge in [-0.05, 0) is 105 Å². The Morgan fingerprint density at radius 3 is 2.06 bits per heavy atom. The van der Waals surface area contributed by atoms with Crippen LogP contribution >= 0.6 is 0 Å². The SMILES string of the molecule is CC(C)C1CCC(N2CCC(n3c(CN(CC4CC4)CC4CC4)cc4ccccc43)CC2)CC1. The van der Waals surface area contributed by atoms with Gasteiger partial charge in [0.05, 0.1) is 0 Å². The van der Waals surface area contributed by atoms with E-state index in [-0.39, 0.29) is 0 Å². The zero-order chi connectivity index (χ0) is 23.1. The number of para-hydroxylation sites is 1. The topological polar surface area (TPSA) is 11.4 Å². The van der Waals surface area contributed by atoms with Gasteiger partial charge in [0.15, 0.2) is 0 Å². The Morgan fingerprint density at radius 2 is 1.44 bits per heavy atom. The molecule has 1 aromatic carbocycles. The normalized spacial score (nSPS) is 27.3. The average molecular weight is 462 g/mol. The van der Waals surface area contributed by atoms with Gasteiger partial charge in [-0.15, -0.1) is 0 Å². The van der Waals surface area contributed by atoms with E-state index >= 15 is 0 Å². The third-order valence-corrected chi connectivity index (χ3v) is 9.70. The number of fused-ring (bicyclic) bond motifs is 1. The Balaban J connectivity index is 1.15. The molecule has 186 valence electrons. The van der Waals surface area contributed by atoms with E-state index in [4.69, 9.17) is 0 Å². The van der Waals surface area contributed by atoms with E-state index in [9.17, 15) is 0 Å². The van der Waals surface area contributed by atoms with Crippen LogP contribution in [0.5, 0.6) is 0 Å². The highest BCUT2D eigenvalue weighted by Crippen LogP contribution is 2.38. The smallest absolute Gasteiger partial charge is 0.0485 e. The lowest BCUT2D eigenvalue weighted by Gasteiger charge is -2.42. The van der Waals surface area contributed by atoms with E-state index in [2.05, 4.69) is 58.5 Å². The fraction of sp³-hybridized carbons (Fsp3) is 0.742. The summed E-state index contributed by atoms with van der Waals surface area (Å²) in [4.78, 5) is 5.69. The van der Waals surface area contributed by atoms with E-state index in [1.54, 1.807) is 5.69 Å². The Morgan fingerprint density at radius 1 is 0.794 bits per heavy atom. The predicted octanol–water partition coefficient (Wildman–Crippen LogP) is 7.12. The Hall–Kier alpha value is -1.32. The molecular formula is C31H47N3. The summed E-state index contributed by atoms with van der Waals surface area (Å²) in [6.07, 6.45) is 14.2. The lowest BCUT2D eigenvalue weighted by molar-refractivity contribution is 0.0884. The number of piperidine rings is 1. The average Bonchev–Trinajstić information content (AvgIpc) is 3.79. The number of hydrogen-bond acceptors (Lipinski definition) is 2. The number of hydrogen-bond donors (Lipinski definition) is 0. The summed E-state index contributed by atoms with van der Waals surface area (Å²) in [5.41, 5.74) is 3.06. The van der Waals surface area contributed by atoms with Crippen molar-refractivity contribution in [1.82, 2.24) is 14.4 Å². The van der Waals surface area contributed by atoms with E-state index in [1.165, 1.54) is 101 Å². The molecule has 2 heterocycles. The van der Waals surface area contributed by atoms with Gasteiger partial charge in [0.25, 0.3) is 0 Å². The van der Waals surface area contributed by atoms with E-state index in [1.807, 2.05) is 0 Å². The molecule has 0 N–H and O–H groups in total. The van der Waals surface area contributed by atoms with Crippen molar-refractivity contribution in [2.24, 2.45) is 23.7 Å². The van der Waals surface area contributed by atoms with Gasteiger partial charge in [0.1, 0.15) is 0 Å². The minimum absolute atomic E-state index is 0.668. The molecule has 6 rings (SSSR count). The minimum atomic E-state index is 0.668. The highest BCUT2D eigenvalue weighted by molar-refractivity contribution is 5.81. The fourth-order valence-electron chi connectivity index (χ4n) is 7.19. The van der Waals surface area contributed by atoms with E-state index in [0.717, 1.165) is 36.3 Å². The summed E-state index contributed by atoms with van der Waals surface area (Å²) in [6, 6.07) is 13.2. The molecule has 0 spiro atoms. The van der Waals surface area contributed by atoms with Gasteiger partial charge >= 0.3 is 0 Å². The van der Waals surface area contributed by atoms with Gasteiger partial charge < -0.3 is 9.47 Å². The molecule has 0 bridgehead atoms. The van der Waals surface area contributed by atoms with Crippen molar-refractivity contribution < 1.29 is 0 Å². The molecule has 3 nitrogen and oxygen atoms in total. The zero-order valence-electron chi connectivity index (χ0n) is 21.8. The molecule has 4 fully saturated rings. The van der Waals surface area contributed by atoms with Crippen molar-refractivity contribution in [2.75, 3.05) is 26.2 Å². The van der Waals surface area contributed by atoms with Crippen molar-refractivity contribution in [2.45, 2.75) is 96.7 Å². The van der Waals surface area contributed by atoms with Gasteiger partial charge in [-0.2, -0.15) is 0 Å². The van der Waals surface area contributed by atoms with Crippen LogP contribution in [-0.4, -0.2) is 46.6 Å². The second kappa shape index (κ2) is 9.97. The Bertz CT molecular complexity index is 923. The predicted molar refractivity (Wildman–Crippen MR) is 143 cm³/mol. The van der Waals surface area contributed by atoms with Crippen LogP contribution in [0, 0.1) is 23.7 Å². The highest BCUT2D eigenvalue weighted by atomic mass is 15.2. The molecule has 3 saturated carbocycles. The quantitative estimate of drug-likeness (QED) is 0.394. The van der Waals surface area contributed by atoms with Crippen LogP contribution in [0.25, 0.3) is 10.9 Å². The first kappa shape index (κ1) is 23.1. The van der Waals surface area contributed by atoms with Crippen LogP contribution in [0.1, 0.15) is 89.8 Å². The first-order chi connectivity index (χ1) is 16.6. The van der Waals surface area contributed by atoms with Crippen molar-refractivity contribution in [3.63, 3.8) is 0 Å². The number of rotatable bonds is 9. The van der Waals surface area contributed by atoms with E-state index < -0.39 is 0 Å². The molecule has 1 aliphatic heterocycles. The van der Waals surface area contributed by atoms with Gasteiger partial charge in [-0.1, -0.05) is 32.0 Å². The van der Waals surface area contributed by atoms with Crippen LogP contribution < -0.4 is 0 Å². The lowest BCUT2D eigenvalue weighted by Crippen LogP contribution is -2.44. The molecule has 3 aliphatic carbocycles.